The number of hydrogen-bond donors (Lipinski definition) is 1. The van der Waals surface area contributed by atoms with Gasteiger partial charge in [-0.05, 0) is 30.9 Å². The van der Waals surface area contributed by atoms with Crippen LogP contribution in [0.15, 0.2) is 24.3 Å². The van der Waals surface area contributed by atoms with Crippen LogP contribution in [0.3, 0.4) is 0 Å². The summed E-state index contributed by atoms with van der Waals surface area (Å²) in [5.41, 5.74) is 1.16. The van der Waals surface area contributed by atoms with Crippen molar-refractivity contribution in [2.45, 2.75) is 32.2 Å². The predicted molar refractivity (Wildman–Crippen MR) is 74.2 cm³/mol. The van der Waals surface area contributed by atoms with Crippen LogP contribution in [0.25, 0.3) is 0 Å². The lowest BCUT2D eigenvalue weighted by atomic mass is 10.1. The Morgan fingerprint density at radius 1 is 1.28 bits per heavy atom. The maximum absolute atomic E-state index is 5.61. The smallest absolute Gasteiger partial charge is 0.121 e. The fourth-order valence-electron chi connectivity index (χ4n) is 2.49. The molecule has 1 aromatic carbocycles. The van der Waals surface area contributed by atoms with Crippen molar-refractivity contribution in [2.24, 2.45) is 5.92 Å². The number of methoxy groups -OCH3 is 1. The Bertz CT molecular complexity index is 367. The van der Waals surface area contributed by atoms with Gasteiger partial charge in [-0.3, -0.25) is 0 Å². The molecular formula is C15H23NO2. The molecule has 0 amide bonds. The summed E-state index contributed by atoms with van der Waals surface area (Å²) in [5, 5.41) is 3.61. The molecule has 100 valence electrons. The van der Waals surface area contributed by atoms with Crippen LogP contribution in [0.5, 0.6) is 5.75 Å². The van der Waals surface area contributed by atoms with E-state index in [9.17, 15) is 0 Å². The van der Waals surface area contributed by atoms with E-state index in [0.29, 0.717) is 19.3 Å². The van der Waals surface area contributed by atoms with Crippen LogP contribution >= 0.6 is 0 Å². The lowest BCUT2D eigenvalue weighted by Gasteiger charge is -2.19. The van der Waals surface area contributed by atoms with Crippen LogP contribution in [-0.2, 0) is 4.74 Å². The summed E-state index contributed by atoms with van der Waals surface area (Å²) in [5.74, 6) is 1.67. The van der Waals surface area contributed by atoms with Crippen LogP contribution in [0.1, 0.15) is 26.2 Å². The van der Waals surface area contributed by atoms with Crippen LogP contribution in [-0.4, -0.2) is 26.4 Å². The Morgan fingerprint density at radius 2 is 2.17 bits per heavy atom. The van der Waals surface area contributed by atoms with Gasteiger partial charge in [-0.1, -0.05) is 19.4 Å². The van der Waals surface area contributed by atoms with Crippen molar-refractivity contribution in [3.8, 4) is 5.75 Å². The van der Waals surface area contributed by atoms with E-state index in [4.69, 9.17) is 9.47 Å². The van der Waals surface area contributed by atoms with E-state index in [-0.39, 0.29) is 0 Å². The lowest BCUT2D eigenvalue weighted by Crippen LogP contribution is -2.21. The van der Waals surface area contributed by atoms with Crippen LogP contribution in [0.2, 0.25) is 0 Å². The molecule has 3 heteroatoms. The fourth-order valence-corrected chi connectivity index (χ4v) is 2.49. The minimum Gasteiger partial charge on any atom is -0.491 e. The van der Waals surface area contributed by atoms with Crippen molar-refractivity contribution >= 4 is 5.69 Å². The molecule has 18 heavy (non-hydrogen) atoms. The number of rotatable bonds is 6. The average Bonchev–Trinajstić information content (AvgIpc) is 2.76. The van der Waals surface area contributed by atoms with Gasteiger partial charge >= 0.3 is 0 Å². The zero-order chi connectivity index (χ0) is 12.8. The molecule has 1 aromatic rings. The predicted octanol–water partition coefficient (Wildman–Crippen LogP) is 3.31. The van der Waals surface area contributed by atoms with E-state index in [1.165, 1.54) is 19.3 Å². The molecule has 1 N–H and O–H groups in total. The SMILES string of the molecule is COCCOc1cccc(NC2CCCC2C)c1. The molecule has 0 aliphatic heterocycles. The molecule has 1 aliphatic rings. The Kier molecular flexibility index (Phi) is 4.88. The maximum atomic E-state index is 5.61. The summed E-state index contributed by atoms with van der Waals surface area (Å²) in [6, 6.07) is 8.80. The van der Waals surface area contributed by atoms with Gasteiger partial charge in [0.2, 0.25) is 0 Å². The molecule has 0 aromatic heterocycles. The van der Waals surface area contributed by atoms with E-state index in [0.717, 1.165) is 17.4 Å². The number of nitrogens with one attached hydrogen (secondary N) is 1. The van der Waals surface area contributed by atoms with E-state index in [1.54, 1.807) is 7.11 Å². The largest absolute Gasteiger partial charge is 0.491 e. The first-order valence-electron chi connectivity index (χ1n) is 6.78. The molecule has 0 radical (unpaired) electrons. The summed E-state index contributed by atoms with van der Waals surface area (Å²) < 4.78 is 10.6. The van der Waals surface area contributed by atoms with Crippen molar-refractivity contribution < 1.29 is 9.47 Å². The molecule has 0 spiro atoms. The number of anilines is 1. The van der Waals surface area contributed by atoms with Crippen LogP contribution < -0.4 is 10.1 Å². The van der Waals surface area contributed by atoms with Gasteiger partial charge in [0.15, 0.2) is 0 Å². The molecular weight excluding hydrogens is 226 g/mol. The van der Waals surface area contributed by atoms with E-state index >= 15 is 0 Å². The highest BCUT2D eigenvalue weighted by molar-refractivity contribution is 5.49. The summed E-state index contributed by atoms with van der Waals surface area (Å²) in [6.45, 7) is 3.54. The van der Waals surface area contributed by atoms with Crippen LogP contribution in [0, 0.1) is 5.92 Å². The molecule has 1 fully saturated rings. The first kappa shape index (κ1) is 13.2. The van der Waals surface area contributed by atoms with Crippen molar-refractivity contribution in [1.29, 1.82) is 0 Å². The number of benzene rings is 1. The first-order valence-corrected chi connectivity index (χ1v) is 6.78. The van der Waals surface area contributed by atoms with Gasteiger partial charge in [0.05, 0.1) is 6.61 Å². The Morgan fingerprint density at radius 3 is 2.89 bits per heavy atom. The quantitative estimate of drug-likeness (QED) is 0.785. The van der Waals surface area contributed by atoms with Crippen molar-refractivity contribution in [3.63, 3.8) is 0 Å². The minimum atomic E-state index is 0.597. The minimum absolute atomic E-state index is 0.597. The van der Waals surface area contributed by atoms with Gasteiger partial charge in [-0.15, -0.1) is 0 Å². The van der Waals surface area contributed by atoms with E-state index in [1.807, 2.05) is 12.1 Å². The standard InChI is InChI=1S/C15H23NO2/c1-12-5-3-8-15(12)16-13-6-4-7-14(11-13)18-10-9-17-2/h4,6-7,11-12,15-16H,3,5,8-10H2,1-2H3. The molecule has 2 atom stereocenters. The zero-order valence-corrected chi connectivity index (χ0v) is 11.3. The zero-order valence-electron chi connectivity index (χ0n) is 11.3. The third-order valence-electron chi connectivity index (χ3n) is 3.60. The van der Waals surface area contributed by atoms with Gasteiger partial charge in [0.1, 0.15) is 12.4 Å². The van der Waals surface area contributed by atoms with Gasteiger partial charge < -0.3 is 14.8 Å². The summed E-state index contributed by atoms with van der Waals surface area (Å²) >= 11 is 0. The molecule has 1 saturated carbocycles. The fraction of sp³-hybridized carbons (Fsp3) is 0.600. The number of ether oxygens (including phenoxy) is 2. The highest BCUT2D eigenvalue weighted by atomic mass is 16.5. The van der Waals surface area contributed by atoms with Gasteiger partial charge in [-0.2, -0.15) is 0 Å². The number of hydrogen-bond acceptors (Lipinski definition) is 3. The van der Waals surface area contributed by atoms with Crippen molar-refractivity contribution in [3.05, 3.63) is 24.3 Å². The summed E-state index contributed by atoms with van der Waals surface area (Å²) in [7, 11) is 1.68. The van der Waals surface area contributed by atoms with Gasteiger partial charge in [0.25, 0.3) is 0 Å². The topological polar surface area (TPSA) is 30.5 Å². The molecule has 3 nitrogen and oxygen atoms in total. The molecule has 0 saturated heterocycles. The highest BCUT2D eigenvalue weighted by Gasteiger charge is 2.22. The molecule has 2 rings (SSSR count). The maximum Gasteiger partial charge on any atom is 0.121 e. The normalized spacial score (nSPS) is 23.0. The third kappa shape index (κ3) is 3.64. The third-order valence-corrected chi connectivity index (χ3v) is 3.60. The lowest BCUT2D eigenvalue weighted by molar-refractivity contribution is 0.146. The molecule has 2 unspecified atom stereocenters. The molecule has 0 bridgehead atoms. The van der Waals surface area contributed by atoms with E-state index in [2.05, 4.69) is 24.4 Å². The van der Waals surface area contributed by atoms with Crippen LogP contribution in [0.4, 0.5) is 5.69 Å². The Labute approximate surface area is 109 Å². The Balaban J connectivity index is 1.90. The second-order valence-corrected chi connectivity index (χ2v) is 5.03. The second-order valence-electron chi connectivity index (χ2n) is 5.03. The van der Waals surface area contributed by atoms with E-state index < -0.39 is 0 Å². The highest BCUT2D eigenvalue weighted by Crippen LogP contribution is 2.28. The molecule has 0 heterocycles. The Hall–Kier alpha value is -1.22. The molecule has 1 aliphatic carbocycles. The monoisotopic (exact) mass is 249 g/mol. The first-order chi connectivity index (χ1) is 8.79. The summed E-state index contributed by atoms with van der Waals surface area (Å²) in [4.78, 5) is 0. The summed E-state index contributed by atoms with van der Waals surface area (Å²) in [6.07, 6.45) is 3.94. The van der Waals surface area contributed by atoms with Crippen molar-refractivity contribution in [2.75, 3.05) is 25.6 Å². The second kappa shape index (κ2) is 6.64. The van der Waals surface area contributed by atoms with Gasteiger partial charge in [0, 0.05) is 24.9 Å². The van der Waals surface area contributed by atoms with Gasteiger partial charge in [-0.25, -0.2) is 0 Å². The van der Waals surface area contributed by atoms with Crippen molar-refractivity contribution in [1.82, 2.24) is 0 Å². The average molecular weight is 249 g/mol.